The molecule has 9 heterocycles. The molecule has 11 heteroatoms. The molecule has 126 heavy (non-hydrogen) atoms. The topological polar surface area (TPSA) is 77.7 Å². The number of nitrogens with zero attached hydrogens (tertiary/aromatic N) is 8. The van der Waals surface area contributed by atoms with Crippen LogP contribution in [0.2, 0.25) is 0 Å². The average Bonchev–Trinajstić information content (AvgIpc) is 1.49. The van der Waals surface area contributed by atoms with Crippen LogP contribution in [0, 0.1) is 0 Å². The summed E-state index contributed by atoms with van der Waals surface area (Å²) in [7, 11) is 0. The molecule has 0 aliphatic heterocycles. The number of hydrogen-bond donors (Lipinski definition) is 0. The number of halogens is 3. The molecule has 0 saturated carbocycles. The minimum Gasteiger partial charge on any atom is -0.308 e. The molecule has 27 aromatic rings. The number of para-hydroxylation sites is 3. The molecule has 0 bridgehead atoms. The Hall–Kier alpha value is -15.1. The Morgan fingerprint density at radius 3 is 1.17 bits per heavy atom. The minimum atomic E-state index is 0.658. The standard InChI is InChI=1S/2C39H23BrN2.C37H21BrN4/c40-32-21-20-29-28-16-9-17-30(38(28)42-35-19-8-15-26-14-7-18-31(36(26)35)37(32)39(29)42)34-23-27(24-10-3-1-4-11-24)22-33(41-34)25-12-5-2-6-13-25;40-27-17-19-36-33(23-27)32-16-8-15-31-30-14-7-13-29-28(18-20-37(38(29)30)42(36)39(31)32)26-21-34(24-9-3-1-4-10-24)41-35(22-26)25-11-5-2-6-12-25;38-30-19-18-25-26-13-7-14-27-29-21-24(17-20-31(29)42(34(26)27)32-16-8-15-28(30)33(25)32)37-40-35(22-9-3-1-4-10-22)39-36(41-37)23-11-5-2-6-12-23/h2*1-23H;1-21H. The lowest BCUT2D eigenvalue weighted by Crippen LogP contribution is -2.00. The molecule has 0 aliphatic rings. The van der Waals surface area contributed by atoms with Crippen LogP contribution in [-0.2, 0) is 0 Å². The van der Waals surface area contributed by atoms with E-state index in [2.05, 4.69) is 407 Å². The SMILES string of the molecule is Brc1ccc2c(c1)c1cccc3c4cccc5c(-c6cc(-c7ccccc7)nc(-c7ccccc7)c6)ccc(c54)n2c31.Brc1ccc2c3cccc(-c4cc(-c5ccccc5)cc(-c5ccccc5)n4)c3n3c4cccc5cccc(c1c23)c54.Brc1ccc2c3cccc4c5cc(-c6nc(-c7ccccc7)nc(-c7ccccc7)n6)ccc5n(c5cccc1c25)c34. The Bertz CT molecular complexity index is 8870. The van der Waals surface area contributed by atoms with E-state index in [-0.39, 0.29) is 0 Å². The summed E-state index contributed by atoms with van der Waals surface area (Å²) in [6, 6.07) is 144. The molecular formula is C115H67Br3N8. The lowest BCUT2D eigenvalue weighted by molar-refractivity contribution is 1.07. The molecule has 0 aliphatic carbocycles. The highest BCUT2D eigenvalue weighted by Gasteiger charge is 2.27. The summed E-state index contributed by atoms with van der Waals surface area (Å²) < 4.78 is 10.7. The van der Waals surface area contributed by atoms with Gasteiger partial charge in [-0.25, -0.2) is 24.9 Å². The van der Waals surface area contributed by atoms with Crippen molar-refractivity contribution < 1.29 is 0 Å². The van der Waals surface area contributed by atoms with Gasteiger partial charge in [-0.2, -0.15) is 0 Å². The Balaban J connectivity index is 0.000000103. The molecule has 0 atom stereocenters. The summed E-state index contributed by atoms with van der Waals surface area (Å²) in [6.07, 6.45) is 0. The van der Waals surface area contributed by atoms with E-state index in [1.54, 1.807) is 0 Å². The first kappa shape index (κ1) is 73.6. The van der Waals surface area contributed by atoms with E-state index >= 15 is 0 Å². The molecular weight excluding hydrogens is 1730 g/mol. The van der Waals surface area contributed by atoms with Gasteiger partial charge in [-0.3, -0.25) is 0 Å². The van der Waals surface area contributed by atoms with Crippen LogP contribution >= 0.6 is 47.8 Å². The van der Waals surface area contributed by atoms with Crippen LogP contribution in [0.1, 0.15) is 0 Å². The molecule has 0 radical (unpaired) electrons. The summed E-state index contributed by atoms with van der Waals surface area (Å²) in [6.45, 7) is 0. The van der Waals surface area contributed by atoms with E-state index in [1.165, 1.54) is 158 Å². The van der Waals surface area contributed by atoms with Crippen molar-refractivity contribution in [3.63, 3.8) is 0 Å². The predicted octanol–water partition coefficient (Wildman–Crippen LogP) is 32.2. The van der Waals surface area contributed by atoms with Crippen LogP contribution in [0.3, 0.4) is 0 Å². The van der Waals surface area contributed by atoms with Crippen LogP contribution < -0.4 is 0 Å². The number of aromatic nitrogens is 8. The van der Waals surface area contributed by atoms with Crippen molar-refractivity contribution in [3.8, 4) is 101 Å². The molecule has 0 spiro atoms. The van der Waals surface area contributed by atoms with Gasteiger partial charge < -0.3 is 13.2 Å². The summed E-state index contributed by atoms with van der Waals surface area (Å²) in [5.74, 6) is 1.98. The van der Waals surface area contributed by atoms with Crippen molar-refractivity contribution in [1.82, 2.24) is 38.1 Å². The van der Waals surface area contributed by atoms with E-state index in [4.69, 9.17) is 24.9 Å². The second-order valence-electron chi connectivity index (χ2n) is 32.4. The van der Waals surface area contributed by atoms with E-state index in [9.17, 15) is 0 Å². The Labute approximate surface area is 747 Å². The Kier molecular flexibility index (Phi) is 17.3. The fourth-order valence-corrected chi connectivity index (χ4v) is 21.3. The zero-order chi connectivity index (χ0) is 83.4. The molecule has 0 amide bonds. The smallest absolute Gasteiger partial charge is 0.164 e. The number of benzene rings is 18. The second-order valence-corrected chi connectivity index (χ2v) is 35.0. The summed E-state index contributed by atoms with van der Waals surface area (Å²) in [5, 5.41) is 22.6. The lowest BCUT2D eigenvalue weighted by atomic mass is 9.92. The third kappa shape index (κ3) is 11.8. The van der Waals surface area contributed by atoms with Gasteiger partial charge in [-0.1, -0.05) is 363 Å². The Morgan fingerprint density at radius 2 is 0.571 bits per heavy atom. The molecule has 27 rings (SSSR count). The molecule has 0 N–H and O–H groups in total. The normalized spacial score (nSPS) is 11.9. The van der Waals surface area contributed by atoms with E-state index < -0.39 is 0 Å². The maximum atomic E-state index is 5.32. The quantitative estimate of drug-likeness (QED) is 0.106. The average molecular weight is 1800 g/mol. The number of fused-ring (bicyclic) bond motifs is 15. The zero-order valence-corrected chi connectivity index (χ0v) is 72.2. The summed E-state index contributed by atoms with van der Waals surface area (Å²) >= 11 is 11.4. The molecule has 0 unspecified atom stereocenters. The predicted molar refractivity (Wildman–Crippen MR) is 537 cm³/mol. The van der Waals surface area contributed by atoms with Gasteiger partial charge in [0, 0.05) is 117 Å². The van der Waals surface area contributed by atoms with Crippen LogP contribution in [0.4, 0.5) is 0 Å². The van der Waals surface area contributed by atoms with Gasteiger partial charge in [0.25, 0.3) is 0 Å². The highest BCUT2D eigenvalue weighted by atomic mass is 79.9. The first-order valence-electron chi connectivity index (χ1n) is 42.3. The van der Waals surface area contributed by atoms with Crippen molar-refractivity contribution in [3.05, 3.63) is 420 Å². The third-order valence-corrected chi connectivity index (χ3v) is 27.2. The summed E-state index contributed by atoms with van der Waals surface area (Å²) in [5.41, 5.74) is 26.9. The molecule has 8 nitrogen and oxygen atoms in total. The van der Waals surface area contributed by atoms with Crippen molar-refractivity contribution >= 4 is 194 Å². The third-order valence-electron chi connectivity index (χ3n) is 25.4. The maximum Gasteiger partial charge on any atom is 0.164 e. The first-order chi connectivity index (χ1) is 62.2. The molecule has 0 fully saturated rings. The van der Waals surface area contributed by atoms with Crippen molar-refractivity contribution in [2.75, 3.05) is 0 Å². The number of hydrogen-bond acceptors (Lipinski definition) is 5. The number of rotatable bonds is 9. The molecule has 9 aromatic heterocycles. The maximum absolute atomic E-state index is 5.32. The van der Waals surface area contributed by atoms with Crippen LogP contribution in [0.5, 0.6) is 0 Å². The minimum absolute atomic E-state index is 0.658. The van der Waals surface area contributed by atoms with Gasteiger partial charge in [0.15, 0.2) is 17.5 Å². The van der Waals surface area contributed by atoms with Crippen molar-refractivity contribution in [2.24, 2.45) is 0 Å². The first-order valence-corrected chi connectivity index (χ1v) is 44.6. The fraction of sp³-hybridized carbons (Fsp3) is 0. The highest BCUT2D eigenvalue weighted by molar-refractivity contribution is 9.11. The molecule has 0 saturated heterocycles. The van der Waals surface area contributed by atoms with Crippen LogP contribution in [-0.4, -0.2) is 38.1 Å². The zero-order valence-electron chi connectivity index (χ0n) is 67.4. The fourth-order valence-electron chi connectivity index (χ4n) is 19.9. The van der Waals surface area contributed by atoms with Crippen molar-refractivity contribution in [2.45, 2.75) is 0 Å². The van der Waals surface area contributed by atoms with Gasteiger partial charge >= 0.3 is 0 Å². The lowest BCUT2D eigenvalue weighted by Gasteiger charge is -2.17. The van der Waals surface area contributed by atoms with Crippen LogP contribution in [0.25, 0.3) is 248 Å². The highest BCUT2D eigenvalue weighted by Crippen LogP contribution is 2.50. The van der Waals surface area contributed by atoms with E-state index in [1.807, 2.05) is 60.7 Å². The van der Waals surface area contributed by atoms with Crippen molar-refractivity contribution in [1.29, 1.82) is 0 Å². The van der Waals surface area contributed by atoms with Gasteiger partial charge in [-0.05, 0) is 146 Å². The Morgan fingerprint density at radius 1 is 0.175 bits per heavy atom. The molecule has 18 aromatic carbocycles. The van der Waals surface area contributed by atoms with E-state index in [0.717, 1.165) is 86.3 Å². The summed E-state index contributed by atoms with van der Waals surface area (Å²) in [4.78, 5) is 25.3. The second kappa shape index (κ2) is 29.6. The van der Waals surface area contributed by atoms with Gasteiger partial charge in [0.2, 0.25) is 0 Å². The number of pyridine rings is 5. The molecule has 588 valence electrons. The van der Waals surface area contributed by atoms with Crippen LogP contribution in [0.15, 0.2) is 420 Å². The monoisotopic (exact) mass is 1800 g/mol. The van der Waals surface area contributed by atoms with Gasteiger partial charge in [0.1, 0.15) is 0 Å². The van der Waals surface area contributed by atoms with E-state index in [0.29, 0.717) is 17.5 Å². The van der Waals surface area contributed by atoms with Gasteiger partial charge in [0.05, 0.1) is 72.4 Å². The van der Waals surface area contributed by atoms with Gasteiger partial charge in [-0.15, -0.1) is 0 Å². The largest absolute Gasteiger partial charge is 0.308 e.